The first kappa shape index (κ1) is 13.8. The van der Waals surface area contributed by atoms with Crippen molar-refractivity contribution in [2.75, 3.05) is 39.5 Å². The predicted octanol–water partition coefficient (Wildman–Crippen LogP) is 1.52. The molecule has 1 aromatic carbocycles. The molecule has 1 aliphatic heterocycles. The number of aliphatic hydroxyl groups excluding tert-OH is 1. The lowest BCUT2D eigenvalue weighted by Crippen LogP contribution is -2.45. The van der Waals surface area contributed by atoms with Gasteiger partial charge in [0.2, 0.25) is 0 Å². The zero-order valence-electron chi connectivity index (χ0n) is 10.2. The topological polar surface area (TPSA) is 41.9 Å². The number of β-amino-alcohol motifs (C(OH)–C–C–N with tert-alkyl or cyclic N) is 1. The molecular formula is C13H18BrNO3. The molecule has 2 rings (SSSR count). The van der Waals surface area contributed by atoms with Crippen LogP contribution in [-0.4, -0.2) is 55.6 Å². The first-order valence-corrected chi connectivity index (χ1v) is 6.90. The van der Waals surface area contributed by atoms with E-state index in [2.05, 4.69) is 20.8 Å². The molecule has 1 unspecified atom stereocenters. The van der Waals surface area contributed by atoms with Crippen LogP contribution < -0.4 is 4.74 Å². The van der Waals surface area contributed by atoms with Gasteiger partial charge in [0.25, 0.3) is 0 Å². The molecule has 1 heterocycles. The van der Waals surface area contributed by atoms with E-state index in [0.29, 0.717) is 19.8 Å². The number of hydrogen-bond acceptors (Lipinski definition) is 4. The maximum Gasteiger partial charge on any atom is 0.120 e. The van der Waals surface area contributed by atoms with E-state index in [9.17, 15) is 0 Å². The molecule has 1 aromatic rings. The van der Waals surface area contributed by atoms with Crippen LogP contribution in [0.4, 0.5) is 0 Å². The van der Waals surface area contributed by atoms with Crippen molar-refractivity contribution >= 4 is 15.9 Å². The van der Waals surface area contributed by atoms with Gasteiger partial charge in [-0.05, 0) is 18.2 Å². The van der Waals surface area contributed by atoms with Crippen molar-refractivity contribution in [3.8, 4) is 5.75 Å². The molecule has 5 heteroatoms. The monoisotopic (exact) mass is 315 g/mol. The van der Waals surface area contributed by atoms with Gasteiger partial charge >= 0.3 is 0 Å². The Morgan fingerprint density at radius 1 is 1.50 bits per heavy atom. The van der Waals surface area contributed by atoms with Crippen LogP contribution in [0.25, 0.3) is 0 Å². The highest BCUT2D eigenvalue weighted by molar-refractivity contribution is 9.10. The van der Waals surface area contributed by atoms with Crippen LogP contribution in [0.15, 0.2) is 28.7 Å². The predicted molar refractivity (Wildman–Crippen MR) is 72.9 cm³/mol. The third-order valence-electron chi connectivity index (χ3n) is 2.87. The van der Waals surface area contributed by atoms with E-state index in [1.165, 1.54) is 0 Å². The average molecular weight is 316 g/mol. The molecular weight excluding hydrogens is 298 g/mol. The summed E-state index contributed by atoms with van der Waals surface area (Å²) in [7, 11) is 0. The fourth-order valence-corrected chi connectivity index (χ4v) is 2.35. The maximum atomic E-state index is 8.92. The lowest BCUT2D eigenvalue weighted by Gasteiger charge is -2.32. The summed E-state index contributed by atoms with van der Waals surface area (Å²) in [5.41, 5.74) is 0. The van der Waals surface area contributed by atoms with E-state index < -0.39 is 0 Å². The second kappa shape index (κ2) is 7.09. The van der Waals surface area contributed by atoms with Gasteiger partial charge in [0.05, 0.1) is 13.2 Å². The van der Waals surface area contributed by atoms with Crippen LogP contribution in [0.3, 0.4) is 0 Å². The summed E-state index contributed by atoms with van der Waals surface area (Å²) in [5.74, 6) is 0.840. The molecule has 1 aliphatic rings. The number of halogens is 1. The minimum atomic E-state index is 0.0734. The average Bonchev–Trinajstić information content (AvgIpc) is 2.37. The molecule has 1 atom stereocenters. The number of nitrogens with zero attached hydrogens (tertiary/aromatic N) is 1. The van der Waals surface area contributed by atoms with Crippen molar-refractivity contribution in [1.29, 1.82) is 0 Å². The van der Waals surface area contributed by atoms with Crippen LogP contribution in [0.1, 0.15) is 0 Å². The Labute approximate surface area is 116 Å². The van der Waals surface area contributed by atoms with Gasteiger partial charge in [-0.3, -0.25) is 4.90 Å². The van der Waals surface area contributed by atoms with Gasteiger partial charge in [-0.25, -0.2) is 0 Å². The summed E-state index contributed by atoms with van der Waals surface area (Å²) >= 11 is 3.41. The van der Waals surface area contributed by atoms with Gasteiger partial charge in [0, 0.05) is 24.1 Å². The molecule has 0 radical (unpaired) electrons. The van der Waals surface area contributed by atoms with Crippen molar-refractivity contribution in [3.05, 3.63) is 28.7 Å². The van der Waals surface area contributed by atoms with Crippen molar-refractivity contribution in [2.45, 2.75) is 6.10 Å². The summed E-state index contributed by atoms with van der Waals surface area (Å²) < 4.78 is 12.4. The molecule has 4 nitrogen and oxygen atoms in total. The Bertz CT molecular complexity index is 373. The van der Waals surface area contributed by atoms with Crippen LogP contribution in [-0.2, 0) is 4.74 Å². The molecule has 0 aromatic heterocycles. The highest BCUT2D eigenvalue weighted by Crippen LogP contribution is 2.18. The van der Waals surface area contributed by atoms with Crippen LogP contribution in [0, 0.1) is 0 Å². The van der Waals surface area contributed by atoms with E-state index >= 15 is 0 Å². The third kappa shape index (κ3) is 4.24. The summed E-state index contributed by atoms with van der Waals surface area (Å²) in [6.07, 6.45) is 0.0734. The number of ether oxygens (including phenoxy) is 2. The van der Waals surface area contributed by atoms with Gasteiger partial charge in [-0.2, -0.15) is 0 Å². The maximum absolute atomic E-state index is 8.92. The minimum absolute atomic E-state index is 0.0734. The van der Waals surface area contributed by atoms with Gasteiger partial charge in [0.1, 0.15) is 18.5 Å². The number of hydrogen-bond donors (Lipinski definition) is 1. The number of morpholine rings is 1. The normalized spacial score (nSPS) is 20.9. The summed E-state index contributed by atoms with van der Waals surface area (Å²) in [5, 5.41) is 8.92. The molecule has 0 amide bonds. The lowest BCUT2D eigenvalue weighted by molar-refractivity contribution is -0.0508. The largest absolute Gasteiger partial charge is 0.491 e. The summed E-state index contributed by atoms with van der Waals surface area (Å²) in [6.45, 7) is 3.84. The zero-order chi connectivity index (χ0) is 12.8. The highest BCUT2D eigenvalue weighted by atomic mass is 79.9. The molecule has 0 bridgehead atoms. The third-order valence-corrected chi connectivity index (χ3v) is 3.36. The van der Waals surface area contributed by atoms with Gasteiger partial charge in [-0.1, -0.05) is 22.0 Å². The van der Waals surface area contributed by atoms with E-state index in [1.807, 2.05) is 24.3 Å². The lowest BCUT2D eigenvalue weighted by atomic mass is 10.3. The molecule has 100 valence electrons. The van der Waals surface area contributed by atoms with Crippen LogP contribution in [0.2, 0.25) is 0 Å². The second-order valence-electron chi connectivity index (χ2n) is 4.29. The number of rotatable bonds is 5. The molecule has 1 fully saturated rings. The molecule has 0 aliphatic carbocycles. The zero-order valence-corrected chi connectivity index (χ0v) is 11.8. The van der Waals surface area contributed by atoms with Crippen molar-refractivity contribution < 1.29 is 14.6 Å². The van der Waals surface area contributed by atoms with Crippen molar-refractivity contribution in [2.24, 2.45) is 0 Å². The Morgan fingerprint density at radius 2 is 2.39 bits per heavy atom. The Balaban J connectivity index is 1.79. The Kier molecular flexibility index (Phi) is 5.44. The standard InChI is InChI=1S/C13H18BrNO3/c14-11-2-1-3-12(8-11)18-10-13-9-15(4-6-16)5-7-17-13/h1-3,8,13,16H,4-7,9-10H2. The highest BCUT2D eigenvalue weighted by Gasteiger charge is 2.20. The molecule has 1 saturated heterocycles. The molecule has 18 heavy (non-hydrogen) atoms. The van der Waals surface area contributed by atoms with Crippen molar-refractivity contribution in [1.82, 2.24) is 4.90 Å². The molecule has 1 N–H and O–H groups in total. The first-order valence-electron chi connectivity index (χ1n) is 6.11. The molecule has 0 spiro atoms. The summed E-state index contributed by atoms with van der Waals surface area (Å²) in [6, 6.07) is 7.78. The fourth-order valence-electron chi connectivity index (χ4n) is 1.97. The SMILES string of the molecule is OCCN1CCOC(COc2cccc(Br)c2)C1. The minimum Gasteiger partial charge on any atom is -0.491 e. The van der Waals surface area contributed by atoms with Gasteiger partial charge in [0.15, 0.2) is 0 Å². The van der Waals surface area contributed by atoms with Crippen LogP contribution in [0.5, 0.6) is 5.75 Å². The summed E-state index contributed by atoms with van der Waals surface area (Å²) in [4.78, 5) is 2.19. The number of benzene rings is 1. The van der Waals surface area contributed by atoms with Gasteiger partial charge in [-0.15, -0.1) is 0 Å². The smallest absolute Gasteiger partial charge is 0.120 e. The van der Waals surface area contributed by atoms with E-state index in [-0.39, 0.29) is 12.7 Å². The fraction of sp³-hybridized carbons (Fsp3) is 0.538. The first-order chi connectivity index (χ1) is 8.78. The van der Waals surface area contributed by atoms with Crippen molar-refractivity contribution in [3.63, 3.8) is 0 Å². The quantitative estimate of drug-likeness (QED) is 0.894. The van der Waals surface area contributed by atoms with Crippen LogP contribution >= 0.6 is 15.9 Å². The Hall–Kier alpha value is -0.620. The van der Waals surface area contributed by atoms with Gasteiger partial charge < -0.3 is 14.6 Å². The van der Waals surface area contributed by atoms with E-state index in [1.54, 1.807) is 0 Å². The Morgan fingerprint density at radius 3 is 3.17 bits per heavy atom. The molecule has 0 saturated carbocycles. The second-order valence-corrected chi connectivity index (χ2v) is 5.20. The van der Waals surface area contributed by atoms with E-state index in [4.69, 9.17) is 14.6 Å². The number of aliphatic hydroxyl groups is 1. The van der Waals surface area contributed by atoms with E-state index in [0.717, 1.165) is 23.3 Å².